The van der Waals surface area contributed by atoms with Crippen molar-refractivity contribution in [3.8, 4) is 0 Å². The Morgan fingerprint density at radius 3 is 2.89 bits per heavy atom. The number of epoxide rings is 1. The highest BCUT2D eigenvalue weighted by atomic mass is 16.6. The van der Waals surface area contributed by atoms with E-state index in [2.05, 4.69) is 13.8 Å². The predicted molar refractivity (Wildman–Crippen MR) is 73.7 cm³/mol. The van der Waals surface area contributed by atoms with Crippen molar-refractivity contribution in [2.75, 3.05) is 0 Å². The zero-order chi connectivity index (χ0) is 13.2. The van der Waals surface area contributed by atoms with Crippen LogP contribution in [0.1, 0.15) is 58.8 Å². The quantitative estimate of drug-likeness (QED) is 0.676. The van der Waals surface area contributed by atoms with Gasteiger partial charge in [-0.25, -0.2) is 0 Å². The van der Waals surface area contributed by atoms with Gasteiger partial charge in [-0.2, -0.15) is 0 Å². The van der Waals surface area contributed by atoms with Crippen molar-refractivity contribution in [2.45, 2.75) is 70.5 Å². The normalized spacial score (nSPS) is 52.4. The summed E-state index contributed by atoms with van der Waals surface area (Å²) in [6.07, 6.45) is 8.68. The van der Waals surface area contributed by atoms with Crippen molar-refractivity contribution in [3.05, 3.63) is 0 Å². The van der Waals surface area contributed by atoms with Gasteiger partial charge in [-0.3, -0.25) is 4.79 Å². The van der Waals surface area contributed by atoms with Crippen molar-refractivity contribution in [1.82, 2.24) is 0 Å². The van der Waals surface area contributed by atoms with Gasteiger partial charge in [0.1, 0.15) is 5.78 Å². The Morgan fingerprint density at radius 1 is 1.26 bits per heavy atom. The van der Waals surface area contributed by atoms with E-state index in [0.717, 1.165) is 6.42 Å². The number of Topliss-reactive ketones (excluding diaryl/α,β-unsaturated/α-hetero) is 1. The van der Waals surface area contributed by atoms with Gasteiger partial charge in [0.15, 0.2) is 0 Å². The molecule has 0 aromatic heterocycles. The minimum Gasteiger partial charge on any atom is -0.366 e. The molecule has 2 bridgehead atoms. The molecule has 1 saturated heterocycles. The Kier molecular flexibility index (Phi) is 2.65. The molecule has 3 saturated carbocycles. The number of ketones is 1. The fourth-order valence-electron chi connectivity index (χ4n) is 5.55. The van der Waals surface area contributed by atoms with Crippen molar-refractivity contribution >= 4 is 5.78 Å². The summed E-state index contributed by atoms with van der Waals surface area (Å²) < 4.78 is 6.10. The highest BCUT2D eigenvalue weighted by Crippen LogP contribution is 2.58. The second kappa shape index (κ2) is 4.07. The van der Waals surface area contributed by atoms with E-state index >= 15 is 0 Å². The third-order valence-electron chi connectivity index (χ3n) is 6.59. The van der Waals surface area contributed by atoms with Crippen LogP contribution in [-0.4, -0.2) is 17.5 Å². The first-order chi connectivity index (χ1) is 9.09. The largest absolute Gasteiger partial charge is 0.366 e. The molecule has 2 heteroatoms. The summed E-state index contributed by atoms with van der Waals surface area (Å²) in [4.78, 5) is 12.8. The van der Waals surface area contributed by atoms with Crippen molar-refractivity contribution in [2.24, 2.45) is 29.6 Å². The second-order valence-corrected chi connectivity index (χ2v) is 7.96. The van der Waals surface area contributed by atoms with Crippen LogP contribution in [0.4, 0.5) is 0 Å². The SMILES string of the molecule is CC(C)[C@@H]1CC[C@@H]2C[C@@H]3O[C@@]34CC[C@@H](CC(=O)[C@@H]21)C4. The molecule has 0 N–H and O–H groups in total. The molecule has 0 radical (unpaired) electrons. The standard InChI is InChI=1S/C17H26O2/c1-10(2)13-4-3-12-8-15-17(19-15)6-5-11(9-17)7-14(18)16(12)13/h10-13,15-16H,3-9H2,1-2H3/t11-,12+,13-,15-,16-,17+/m0/s1. The van der Waals surface area contributed by atoms with Gasteiger partial charge in [-0.15, -0.1) is 0 Å². The first kappa shape index (κ1) is 12.4. The first-order valence-electron chi connectivity index (χ1n) is 8.29. The molecule has 1 aliphatic heterocycles. The molecule has 4 rings (SSSR count). The maximum atomic E-state index is 12.8. The predicted octanol–water partition coefficient (Wildman–Crippen LogP) is 3.59. The van der Waals surface area contributed by atoms with Crippen molar-refractivity contribution in [1.29, 1.82) is 0 Å². The van der Waals surface area contributed by atoms with Crippen LogP contribution in [-0.2, 0) is 9.53 Å². The number of carbonyl (C=O) groups is 1. The third kappa shape index (κ3) is 1.82. The lowest BCUT2D eigenvalue weighted by Gasteiger charge is -2.27. The molecular weight excluding hydrogens is 236 g/mol. The van der Waals surface area contributed by atoms with Gasteiger partial charge in [0.25, 0.3) is 0 Å². The van der Waals surface area contributed by atoms with E-state index in [1.807, 2.05) is 0 Å². The van der Waals surface area contributed by atoms with Crippen molar-refractivity contribution < 1.29 is 9.53 Å². The van der Waals surface area contributed by atoms with Gasteiger partial charge in [-0.05, 0) is 62.2 Å². The summed E-state index contributed by atoms with van der Waals surface area (Å²) in [5.41, 5.74) is 0.232. The summed E-state index contributed by atoms with van der Waals surface area (Å²) in [6, 6.07) is 0. The van der Waals surface area contributed by atoms with E-state index in [-0.39, 0.29) is 5.60 Å². The second-order valence-electron chi connectivity index (χ2n) is 7.96. The van der Waals surface area contributed by atoms with Gasteiger partial charge in [0.2, 0.25) is 0 Å². The highest BCUT2D eigenvalue weighted by Gasteiger charge is 2.62. The maximum Gasteiger partial charge on any atom is 0.136 e. The fourth-order valence-corrected chi connectivity index (χ4v) is 5.55. The van der Waals surface area contributed by atoms with Gasteiger partial charge in [0, 0.05) is 12.3 Å². The molecule has 106 valence electrons. The Bertz CT molecular complexity index is 402. The molecular formula is C17H26O2. The third-order valence-corrected chi connectivity index (χ3v) is 6.59. The molecule has 0 unspecified atom stereocenters. The van der Waals surface area contributed by atoms with E-state index < -0.39 is 0 Å². The Morgan fingerprint density at radius 2 is 2.11 bits per heavy atom. The summed E-state index contributed by atoms with van der Waals surface area (Å²) >= 11 is 0. The summed E-state index contributed by atoms with van der Waals surface area (Å²) in [7, 11) is 0. The van der Waals surface area contributed by atoms with Gasteiger partial charge in [0.05, 0.1) is 11.7 Å². The lowest BCUT2D eigenvalue weighted by atomic mass is 9.76. The van der Waals surface area contributed by atoms with Crippen LogP contribution in [0.2, 0.25) is 0 Å². The smallest absolute Gasteiger partial charge is 0.136 e. The average Bonchev–Trinajstić information content (AvgIpc) is 2.74. The molecule has 0 aromatic carbocycles. The van der Waals surface area contributed by atoms with Crippen LogP contribution in [0, 0.1) is 29.6 Å². The van der Waals surface area contributed by atoms with Crippen LogP contribution in [0.15, 0.2) is 0 Å². The molecule has 4 fully saturated rings. The summed E-state index contributed by atoms with van der Waals surface area (Å²) in [6.45, 7) is 4.60. The van der Waals surface area contributed by atoms with Crippen LogP contribution >= 0.6 is 0 Å². The summed E-state index contributed by atoms with van der Waals surface area (Å²) in [5, 5.41) is 0. The summed E-state index contributed by atoms with van der Waals surface area (Å²) in [5.74, 6) is 3.52. The van der Waals surface area contributed by atoms with E-state index in [4.69, 9.17) is 4.74 Å². The molecule has 0 aromatic rings. The molecule has 0 amide bonds. The Balaban J connectivity index is 1.61. The van der Waals surface area contributed by atoms with E-state index in [9.17, 15) is 4.79 Å². The lowest BCUT2D eigenvalue weighted by molar-refractivity contribution is -0.126. The maximum absolute atomic E-state index is 12.8. The van der Waals surface area contributed by atoms with Crippen molar-refractivity contribution in [3.63, 3.8) is 0 Å². The Hall–Kier alpha value is -0.370. The van der Waals surface area contributed by atoms with Crippen LogP contribution in [0.5, 0.6) is 0 Å². The molecule has 19 heavy (non-hydrogen) atoms. The van der Waals surface area contributed by atoms with E-state index in [1.54, 1.807) is 0 Å². The zero-order valence-corrected chi connectivity index (χ0v) is 12.2. The number of hydrogen-bond donors (Lipinski definition) is 0. The molecule has 1 heterocycles. The average molecular weight is 262 g/mol. The van der Waals surface area contributed by atoms with Gasteiger partial charge in [-0.1, -0.05) is 13.8 Å². The minimum absolute atomic E-state index is 0.232. The molecule has 4 aliphatic rings. The van der Waals surface area contributed by atoms with Gasteiger partial charge >= 0.3 is 0 Å². The number of fused-ring (bicyclic) bond motifs is 2. The van der Waals surface area contributed by atoms with Crippen LogP contribution in [0.3, 0.4) is 0 Å². The van der Waals surface area contributed by atoms with Gasteiger partial charge < -0.3 is 4.74 Å². The fraction of sp³-hybridized carbons (Fsp3) is 0.941. The topological polar surface area (TPSA) is 29.6 Å². The monoisotopic (exact) mass is 262 g/mol. The van der Waals surface area contributed by atoms with E-state index in [1.165, 1.54) is 38.5 Å². The number of carbonyl (C=O) groups excluding carboxylic acids is 1. The Labute approximate surface area is 116 Å². The highest BCUT2D eigenvalue weighted by molar-refractivity contribution is 5.82. The van der Waals surface area contributed by atoms with E-state index in [0.29, 0.717) is 41.5 Å². The molecule has 6 atom stereocenters. The molecule has 1 spiro atoms. The lowest BCUT2D eigenvalue weighted by Crippen LogP contribution is -2.29. The molecule has 2 nitrogen and oxygen atoms in total. The number of ether oxygens (including phenoxy) is 1. The zero-order valence-electron chi connectivity index (χ0n) is 12.2. The minimum atomic E-state index is 0.232. The number of rotatable bonds is 1. The van der Waals surface area contributed by atoms with Crippen LogP contribution in [0.25, 0.3) is 0 Å². The number of hydrogen-bond acceptors (Lipinski definition) is 2. The first-order valence-corrected chi connectivity index (χ1v) is 8.29. The molecule has 3 aliphatic carbocycles. The van der Waals surface area contributed by atoms with Crippen LogP contribution < -0.4 is 0 Å².